The molecule has 19 heavy (non-hydrogen) atoms. The quantitative estimate of drug-likeness (QED) is 0.847. The highest BCUT2D eigenvalue weighted by Gasteiger charge is 2.09. The fraction of sp³-hybridized carbons (Fsp3) is 0.462. The first-order valence-corrected chi connectivity index (χ1v) is 6.33. The molecule has 0 saturated heterocycles. The van der Waals surface area contributed by atoms with Gasteiger partial charge < -0.3 is 15.0 Å². The standard InChI is InChI=1S/C13H18N4O2/c1-3-12-16-13(19-17-12)8-18-11-5-4-9(2)15-10(11)6-7-14/h4-5H,3,6-8,14H2,1-2H3. The van der Waals surface area contributed by atoms with Gasteiger partial charge in [0.05, 0.1) is 5.69 Å². The average Bonchev–Trinajstić information content (AvgIpc) is 2.86. The minimum atomic E-state index is 0.245. The van der Waals surface area contributed by atoms with Crippen LogP contribution in [-0.4, -0.2) is 21.7 Å². The van der Waals surface area contributed by atoms with Crippen LogP contribution in [-0.2, 0) is 19.4 Å². The smallest absolute Gasteiger partial charge is 0.264 e. The summed E-state index contributed by atoms with van der Waals surface area (Å²) in [6, 6.07) is 3.80. The van der Waals surface area contributed by atoms with Gasteiger partial charge in [-0.3, -0.25) is 4.98 Å². The van der Waals surface area contributed by atoms with Gasteiger partial charge in [0.1, 0.15) is 5.75 Å². The fourth-order valence-electron chi connectivity index (χ4n) is 1.68. The molecule has 0 bridgehead atoms. The van der Waals surface area contributed by atoms with Crippen LogP contribution in [0.1, 0.15) is 30.0 Å². The van der Waals surface area contributed by atoms with Gasteiger partial charge in [-0.2, -0.15) is 4.98 Å². The van der Waals surface area contributed by atoms with Crippen molar-refractivity contribution >= 4 is 0 Å². The van der Waals surface area contributed by atoms with E-state index in [1.54, 1.807) is 0 Å². The highest BCUT2D eigenvalue weighted by atomic mass is 16.5. The lowest BCUT2D eigenvalue weighted by Crippen LogP contribution is -2.08. The summed E-state index contributed by atoms with van der Waals surface area (Å²) < 4.78 is 10.7. The molecular weight excluding hydrogens is 244 g/mol. The number of hydrogen-bond acceptors (Lipinski definition) is 6. The van der Waals surface area contributed by atoms with E-state index in [2.05, 4.69) is 15.1 Å². The Balaban J connectivity index is 2.05. The zero-order valence-corrected chi connectivity index (χ0v) is 11.2. The third-order valence-corrected chi connectivity index (χ3v) is 2.63. The van der Waals surface area contributed by atoms with E-state index in [0.29, 0.717) is 30.4 Å². The van der Waals surface area contributed by atoms with Crippen LogP contribution in [0.3, 0.4) is 0 Å². The topological polar surface area (TPSA) is 87.1 Å². The molecule has 6 nitrogen and oxygen atoms in total. The lowest BCUT2D eigenvalue weighted by molar-refractivity contribution is 0.239. The van der Waals surface area contributed by atoms with Crippen LogP contribution >= 0.6 is 0 Å². The lowest BCUT2D eigenvalue weighted by Gasteiger charge is -2.09. The lowest BCUT2D eigenvalue weighted by atomic mass is 10.2. The second-order valence-corrected chi connectivity index (χ2v) is 4.18. The predicted octanol–water partition coefficient (Wildman–Crippen LogP) is 1.42. The van der Waals surface area contributed by atoms with E-state index in [4.69, 9.17) is 15.0 Å². The SMILES string of the molecule is CCc1noc(COc2ccc(C)nc2CCN)n1. The molecule has 2 aromatic heterocycles. The summed E-state index contributed by atoms with van der Waals surface area (Å²) in [6.45, 7) is 4.69. The summed E-state index contributed by atoms with van der Waals surface area (Å²) >= 11 is 0. The van der Waals surface area contributed by atoms with Crippen molar-refractivity contribution in [3.05, 3.63) is 35.2 Å². The third kappa shape index (κ3) is 3.51. The zero-order chi connectivity index (χ0) is 13.7. The second kappa shape index (κ2) is 6.29. The van der Waals surface area contributed by atoms with Crippen LogP contribution in [0.2, 0.25) is 0 Å². The number of nitrogens with zero attached hydrogens (tertiary/aromatic N) is 3. The molecule has 0 aromatic carbocycles. The van der Waals surface area contributed by atoms with Crippen LogP contribution in [0.5, 0.6) is 5.75 Å². The third-order valence-electron chi connectivity index (χ3n) is 2.63. The molecule has 2 N–H and O–H groups in total. The molecule has 0 aliphatic carbocycles. The molecule has 102 valence electrons. The maximum absolute atomic E-state index is 5.67. The Morgan fingerprint density at radius 2 is 2.16 bits per heavy atom. The molecule has 0 saturated carbocycles. The van der Waals surface area contributed by atoms with Crippen molar-refractivity contribution in [1.82, 2.24) is 15.1 Å². The predicted molar refractivity (Wildman–Crippen MR) is 69.7 cm³/mol. The Bertz CT molecular complexity index is 539. The van der Waals surface area contributed by atoms with Crippen molar-refractivity contribution in [2.45, 2.75) is 33.3 Å². The summed E-state index contributed by atoms with van der Waals surface area (Å²) in [6.07, 6.45) is 1.43. The summed E-state index contributed by atoms with van der Waals surface area (Å²) in [5.74, 6) is 1.87. The van der Waals surface area contributed by atoms with Gasteiger partial charge in [-0.25, -0.2) is 0 Å². The Kier molecular flexibility index (Phi) is 4.46. The van der Waals surface area contributed by atoms with E-state index >= 15 is 0 Å². The number of pyridine rings is 1. The Hall–Kier alpha value is -1.95. The summed E-state index contributed by atoms with van der Waals surface area (Å²) in [5.41, 5.74) is 7.38. The number of nitrogens with two attached hydrogens (primary N) is 1. The van der Waals surface area contributed by atoms with E-state index < -0.39 is 0 Å². The van der Waals surface area contributed by atoms with Gasteiger partial charge in [0.2, 0.25) is 0 Å². The first kappa shape index (κ1) is 13.5. The van der Waals surface area contributed by atoms with Crippen LogP contribution in [0, 0.1) is 6.92 Å². The molecule has 0 fully saturated rings. The first-order chi connectivity index (χ1) is 9.22. The van der Waals surface area contributed by atoms with Crippen molar-refractivity contribution in [3.8, 4) is 5.75 Å². The molecule has 0 atom stereocenters. The monoisotopic (exact) mass is 262 g/mol. The maximum Gasteiger partial charge on any atom is 0.264 e. The van der Waals surface area contributed by atoms with Gasteiger partial charge in [0.15, 0.2) is 12.4 Å². The zero-order valence-electron chi connectivity index (χ0n) is 11.2. The maximum atomic E-state index is 5.67. The van der Waals surface area contributed by atoms with Crippen LogP contribution in [0.4, 0.5) is 0 Å². The van der Waals surface area contributed by atoms with Crippen LogP contribution in [0.15, 0.2) is 16.7 Å². The van der Waals surface area contributed by atoms with Crippen molar-refractivity contribution in [1.29, 1.82) is 0 Å². The van der Waals surface area contributed by atoms with Gasteiger partial charge in [-0.05, 0) is 25.6 Å². The molecule has 0 aliphatic heterocycles. The number of rotatable bonds is 6. The van der Waals surface area contributed by atoms with Gasteiger partial charge in [0, 0.05) is 18.5 Å². The van der Waals surface area contributed by atoms with E-state index in [1.807, 2.05) is 26.0 Å². The Morgan fingerprint density at radius 1 is 1.32 bits per heavy atom. The highest BCUT2D eigenvalue weighted by molar-refractivity contribution is 5.29. The second-order valence-electron chi connectivity index (χ2n) is 4.18. The molecule has 0 aliphatic rings. The van der Waals surface area contributed by atoms with Crippen LogP contribution in [0.25, 0.3) is 0 Å². The van der Waals surface area contributed by atoms with E-state index in [-0.39, 0.29) is 6.61 Å². The largest absolute Gasteiger partial charge is 0.482 e. The van der Waals surface area contributed by atoms with Gasteiger partial charge >= 0.3 is 0 Å². The highest BCUT2D eigenvalue weighted by Crippen LogP contribution is 2.18. The van der Waals surface area contributed by atoms with Crippen molar-refractivity contribution < 1.29 is 9.26 Å². The van der Waals surface area contributed by atoms with E-state index in [0.717, 1.165) is 17.8 Å². The summed E-state index contributed by atoms with van der Waals surface area (Å²) in [4.78, 5) is 8.61. The number of ether oxygens (including phenoxy) is 1. The number of hydrogen-bond donors (Lipinski definition) is 1. The van der Waals surface area contributed by atoms with Crippen molar-refractivity contribution in [3.63, 3.8) is 0 Å². The molecule has 0 amide bonds. The first-order valence-electron chi connectivity index (χ1n) is 6.33. The number of aromatic nitrogens is 3. The normalized spacial score (nSPS) is 10.7. The van der Waals surface area contributed by atoms with E-state index in [1.165, 1.54) is 0 Å². The van der Waals surface area contributed by atoms with E-state index in [9.17, 15) is 0 Å². The van der Waals surface area contributed by atoms with Crippen molar-refractivity contribution in [2.24, 2.45) is 5.73 Å². The summed E-state index contributed by atoms with van der Waals surface area (Å²) in [7, 11) is 0. The molecule has 0 radical (unpaired) electrons. The van der Waals surface area contributed by atoms with Gasteiger partial charge in [0.25, 0.3) is 5.89 Å². The van der Waals surface area contributed by atoms with Crippen molar-refractivity contribution in [2.75, 3.05) is 6.54 Å². The minimum absolute atomic E-state index is 0.245. The number of aryl methyl sites for hydroxylation is 2. The van der Waals surface area contributed by atoms with Crippen LogP contribution < -0.4 is 10.5 Å². The molecule has 0 unspecified atom stereocenters. The molecule has 2 rings (SSSR count). The summed E-state index contributed by atoms with van der Waals surface area (Å²) in [5, 5.41) is 3.82. The van der Waals surface area contributed by atoms with Gasteiger partial charge in [-0.1, -0.05) is 12.1 Å². The molecule has 2 heterocycles. The molecule has 2 aromatic rings. The minimum Gasteiger partial charge on any atom is -0.482 e. The Morgan fingerprint density at radius 3 is 2.84 bits per heavy atom. The Labute approximate surface area is 112 Å². The molecular formula is C13H18N4O2. The van der Waals surface area contributed by atoms with Gasteiger partial charge in [-0.15, -0.1) is 0 Å². The molecule has 0 spiro atoms. The average molecular weight is 262 g/mol. The molecule has 6 heteroatoms. The fourth-order valence-corrected chi connectivity index (χ4v) is 1.68.